The molecule has 3 atom stereocenters. The molecule has 0 saturated heterocycles. The maximum atomic E-state index is 13.6. The van der Waals surface area contributed by atoms with Gasteiger partial charge < -0.3 is 5.11 Å². The molecule has 1 aromatic carbocycles. The molecule has 3 unspecified atom stereocenters. The van der Waals surface area contributed by atoms with E-state index in [0.29, 0.717) is 11.5 Å². The average Bonchev–Trinajstić information content (AvgIpc) is 2.38. The molecule has 17 heavy (non-hydrogen) atoms. The van der Waals surface area contributed by atoms with Crippen LogP contribution in [0.1, 0.15) is 50.7 Å². The normalized spacial score (nSPS) is 26.8. The second kappa shape index (κ2) is 5.63. The highest BCUT2D eigenvalue weighted by Gasteiger charge is 2.28. The van der Waals surface area contributed by atoms with E-state index in [4.69, 9.17) is 0 Å². The number of hydrogen-bond acceptors (Lipinski definition) is 1. The molecule has 1 N–H and O–H groups in total. The molecule has 1 fully saturated rings. The molecule has 2 rings (SSSR count). The molecule has 0 bridgehead atoms. The Hall–Kier alpha value is -0.890. The van der Waals surface area contributed by atoms with Gasteiger partial charge in [0.25, 0.3) is 0 Å². The standard InChI is InChI=1S/C15H21FO/c1-2-11-6-5-7-12(10-11)15(17)13-8-3-4-9-14(13)16/h3-4,8-9,11-12,15,17H,2,5-7,10H2,1H3. The van der Waals surface area contributed by atoms with Crippen molar-refractivity contribution in [2.45, 2.75) is 45.1 Å². The zero-order valence-electron chi connectivity index (χ0n) is 10.4. The highest BCUT2D eigenvalue weighted by atomic mass is 19.1. The van der Waals surface area contributed by atoms with Crippen LogP contribution < -0.4 is 0 Å². The molecule has 1 aliphatic rings. The molecular weight excluding hydrogens is 215 g/mol. The van der Waals surface area contributed by atoms with E-state index >= 15 is 0 Å². The third-order valence-corrected chi connectivity index (χ3v) is 4.07. The highest BCUT2D eigenvalue weighted by Crippen LogP contribution is 2.38. The Morgan fingerprint density at radius 2 is 2.12 bits per heavy atom. The molecule has 2 heteroatoms. The fourth-order valence-electron chi connectivity index (χ4n) is 2.96. The van der Waals surface area contributed by atoms with Crippen LogP contribution in [0.4, 0.5) is 4.39 Å². The van der Waals surface area contributed by atoms with Gasteiger partial charge in [0.05, 0.1) is 6.10 Å². The number of benzene rings is 1. The summed E-state index contributed by atoms with van der Waals surface area (Å²) in [6.07, 6.45) is 5.01. The summed E-state index contributed by atoms with van der Waals surface area (Å²) in [6, 6.07) is 6.59. The molecule has 1 aromatic rings. The molecule has 0 amide bonds. The van der Waals surface area contributed by atoms with Gasteiger partial charge >= 0.3 is 0 Å². The van der Waals surface area contributed by atoms with E-state index in [2.05, 4.69) is 6.92 Å². The van der Waals surface area contributed by atoms with Crippen LogP contribution >= 0.6 is 0 Å². The number of halogens is 1. The summed E-state index contributed by atoms with van der Waals surface area (Å²) in [5.41, 5.74) is 0.467. The minimum atomic E-state index is -0.634. The Morgan fingerprint density at radius 3 is 2.82 bits per heavy atom. The summed E-state index contributed by atoms with van der Waals surface area (Å²) >= 11 is 0. The van der Waals surface area contributed by atoms with Gasteiger partial charge in [-0.1, -0.05) is 44.4 Å². The van der Waals surface area contributed by atoms with Crippen molar-refractivity contribution in [3.63, 3.8) is 0 Å². The van der Waals surface area contributed by atoms with Gasteiger partial charge in [0.2, 0.25) is 0 Å². The lowest BCUT2D eigenvalue weighted by Gasteiger charge is -2.32. The van der Waals surface area contributed by atoms with Gasteiger partial charge in [0.15, 0.2) is 0 Å². The summed E-state index contributed by atoms with van der Waals surface area (Å²) in [4.78, 5) is 0. The zero-order chi connectivity index (χ0) is 12.3. The molecule has 1 nitrogen and oxygen atoms in total. The van der Waals surface area contributed by atoms with Crippen LogP contribution in [0.15, 0.2) is 24.3 Å². The van der Waals surface area contributed by atoms with E-state index in [1.165, 1.54) is 18.9 Å². The first-order chi connectivity index (χ1) is 8.22. The number of aliphatic hydroxyl groups is 1. The van der Waals surface area contributed by atoms with Crippen LogP contribution in [-0.2, 0) is 0 Å². The summed E-state index contributed by atoms with van der Waals surface area (Å²) in [6.45, 7) is 2.20. The Labute approximate surface area is 103 Å². The van der Waals surface area contributed by atoms with Crippen molar-refractivity contribution in [2.75, 3.05) is 0 Å². The first-order valence-electron chi connectivity index (χ1n) is 6.64. The van der Waals surface area contributed by atoms with E-state index in [9.17, 15) is 9.50 Å². The minimum absolute atomic E-state index is 0.227. The van der Waals surface area contributed by atoms with Crippen LogP contribution in [0.5, 0.6) is 0 Å². The van der Waals surface area contributed by atoms with Crippen LogP contribution in [0.3, 0.4) is 0 Å². The average molecular weight is 236 g/mol. The fourth-order valence-corrected chi connectivity index (χ4v) is 2.96. The third-order valence-electron chi connectivity index (χ3n) is 4.07. The lowest BCUT2D eigenvalue weighted by Crippen LogP contribution is -2.21. The van der Waals surface area contributed by atoms with Crippen molar-refractivity contribution in [1.82, 2.24) is 0 Å². The van der Waals surface area contributed by atoms with Crippen LogP contribution in [0.2, 0.25) is 0 Å². The van der Waals surface area contributed by atoms with E-state index in [1.54, 1.807) is 18.2 Å². The highest BCUT2D eigenvalue weighted by molar-refractivity contribution is 5.20. The predicted octanol–water partition coefficient (Wildman–Crippen LogP) is 4.08. The van der Waals surface area contributed by atoms with Gasteiger partial charge in [-0.05, 0) is 30.7 Å². The summed E-state index contributed by atoms with van der Waals surface area (Å²) in [7, 11) is 0. The quantitative estimate of drug-likeness (QED) is 0.838. The summed E-state index contributed by atoms with van der Waals surface area (Å²) in [5.74, 6) is 0.652. The van der Waals surface area contributed by atoms with Gasteiger partial charge in [0.1, 0.15) is 5.82 Å². The van der Waals surface area contributed by atoms with Crippen molar-refractivity contribution in [3.05, 3.63) is 35.6 Å². The van der Waals surface area contributed by atoms with Gasteiger partial charge in [-0.15, -0.1) is 0 Å². The van der Waals surface area contributed by atoms with Crippen molar-refractivity contribution < 1.29 is 9.50 Å². The topological polar surface area (TPSA) is 20.2 Å². The summed E-state index contributed by atoms with van der Waals surface area (Å²) in [5, 5.41) is 10.3. The Bertz CT molecular complexity index is 364. The zero-order valence-corrected chi connectivity index (χ0v) is 10.4. The van der Waals surface area contributed by atoms with Crippen molar-refractivity contribution in [1.29, 1.82) is 0 Å². The van der Waals surface area contributed by atoms with Gasteiger partial charge in [-0.3, -0.25) is 0 Å². The van der Waals surface area contributed by atoms with E-state index in [-0.39, 0.29) is 11.7 Å². The molecule has 0 aliphatic heterocycles. The lowest BCUT2D eigenvalue weighted by molar-refractivity contribution is 0.0650. The van der Waals surface area contributed by atoms with Crippen LogP contribution in [0.25, 0.3) is 0 Å². The second-order valence-electron chi connectivity index (χ2n) is 5.17. The summed E-state index contributed by atoms with van der Waals surface area (Å²) < 4.78 is 13.6. The largest absolute Gasteiger partial charge is 0.388 e. The van der Waals surface area contributed by atoms with Gasteiger partial charge in [-0.2, -0.15) is 0 Å². The van der Waals surface area contributed by atoms with Crippen molar-refractivity contribution in [2.24, 2.45) is 11.8 Å². The molecule has 1 aliphatic carbocycles. The van der Waals surface area contributed by atoms with Crippen LogP contribution in [-0.4, -0.2) is 5.11 Å². The molecule has 0 heterocycles. The molecule has 1 saturated carbocycles. The Morgan fingerprint density at radius 1 is 1.35 bits per heavy atom. The van der Waals surface area contributed by atoms with Gasteiger partial charge in [-0.25, -0.2) is 4.39 Å². The minimum Gasteiger partial charge on any atom is -0.388 e. The monoisotopic (exact) mass is 236 g/mol. The third kappa shape index (κ3) is 2.86. The molecule has 0 radical (unpaired) electrons. The Kier molecular flexibility index (Phi) is 4.16. The Balaban J connectivity index is 2.09. The molecule has 0 aromatic heterocycles. The molecular formula is C15H21FO. The first kappa shape index (κ1) is 12.6. The fraction of sp³-hybridized carbons (Fsp3) is 0.600. The molecule has 94 valence electrons. The van der Waals surface area contributed by atoms with Gasteiger partial charge in [0, 0.05) is 5.56 Å². The van der Waals surface area contributed by atoms with Crippen molar-refractivity contribution in [3.8, 4) is 0 Å². The van der Waals surface area contributed by atoms with Crippen molar-refractivity contribution >= 4 is 0 Å². The lowest BCUT2D eigenvalue weighted by atomic mass is 9.76. The number of rotatable bonds is 3. The second-order valence-corrected chi connectivity index (χ2v) is 5.17. The van der Waals surface area contributed by atoms with E-state index in [0.717, 1.165) is 19.3 Å². The maximum absolute atomic E-state index is 13.6. The van der Waals surface area contributed by atoms with Crippen LogP contribution in [0, 0.1) is 17.7 Å². The number of hydrogen-bond donors (Lipinski definition) is 1. The first-order valence-corrected chi connectivity index (χ1v) is 6.64. The smallest absolute Gasteiger partial charge is 0.129 e. The van der Waals surface area contributed by atoms with E-state index < -0.39 is 6.10 Å². The molecule has 0 spiro atoms. The maximum Gasteiger partial charge on any atom is 0.129 e. The van der Waals surface area contributed by atoms with E-state index in [1.807, 2.05) is 0 Å². The predicted molar refractivity (Wildman–Crippen MR) is 67.1 cm³/mol. The SMILES string of the molecule is CCC1CCCC(C(O)c2ccccc2F)C1. The number of aliphatic hydroxyl groups excluding tert-OH is 1.